The summed E-state index contributed by atoms with van der Waals surface area (Å²) in [5, 5.41) is 16.8. The van der Waals surface area contributed by atoms with Crippen molar-refractivity contribution >= 4 is 29.9 Å². The van der Waals surface area contributed by atoms with Gasteiger partial charge in [0.25, 0.3) is 17.7 Å². The molecule has 9 aliphatic rings. The zero-order valence-corrected chi connectivity index (χ0v) is 70.6. The van der Waals surface area contributed by atoms with E-state index in [-0.39, 0.29) is 87.0 Å². The quantitative estimate of drug-likeness (QED) is 0.0806. The van der Waals surface area contributed by atoms with Gasteiger partial charge in [-0.2, -0.15) is 0 Å². The number of ether oxygens (including phenoxy) is 2. The second-order valence-electron chi connectivity index (χ2n) is 34.3. The summed E-state index contributed by atoms with van der Waals surface area (Å²) in [6.07, 6.45) is 12.6. The van der Waals surface area contributed by atoms with Gasteiger partial charge in [-0.15, -0.1) is 0 Å². The van der Waals surface area contributed by atoms with Gasteiger partial charge in [-0.05, 0) is 187 Å². The molecule has 4 unspecified atom stereocenters. The first-order valence-corrected chi connectivity index (χ1v) is 43.6. The molecular weight excluding hydrogens is 1680 g/mol. The normalized spacial score (nSPS) is 18.5. The van der Waals surface area contributed by atoms with E-state index in [4.69, 9.17) is 9.47 Å². The predicted molar refractivity (Wildman–Crippen MR) is 490 cm³/mol. The van der Waals surface area contributed by atoms with E-state index < -0.39 is 79.5 Å². The molecule has 23 rings (SSSR count). The summed E-state index contributed by atoms with van der Waals surface area (Å²) in [7, 11) is 0. The van der Waals surface area contributed by atoms with Crippen molar-refractivity contribution in [3.8, 4) is 17.2 Å². The average molecular weight is 1770 g/mol. The largest absolute Gasteiger partial charge is 0.502 e. The summed E-state index contributed by atoms with van der Waals surface area (Å²) in [5.41, 5.74) is 11.9. The highest BCUT2D eigenvalue weighted by molar-refractivity contribution is 5.99. The summed E-state index contributed by atoms with van der Waals surface area (Å²) in [6, 6.07) is 83.8. The molecule has 1 N–H and O–H groups in total. The first-order chi connectivity index (χ1) is 63.8. The van der Waals surface area contributed by atoms with Crippen LogP contribution < -0.4 is 40.8 Å². The summed E-state index contributed by atoms with van der Waals surface area (Å²) in [5.74, 6) is -7.49. The molecule has 0 spiro atoms. The Bertz CT molecular complexity index is 7070. The molecule has 4 atom stereocenters. The van der Waals surface area contributed by atoms with E-state index in [1.54, 1.807) is 41.1 Å². The molecule has 14 aromatic rings. The maximum atomic E-state index is 15.1. The van der Waals surface area contributed by atoms with Gasteiger partial charge in [-0.1, -0.05) is 244 Å². The first kappa shape index (κ1) is 84.7. The van der Waals surface area contributed by atoms with Gasteiger partial charge in [0.05, 0.1) is 0 Å². The van der Waals surface area contributed by atoms with Crippen LogP contribution in [0, 0.1) is 40.8 Å². The van der Waals surface area contributed by atoms with Crippen molar-refractivity contribution in [2.45, 2.75) is 82.2 Å². The van der Waals surface area contributed by atoms with Crippen LogP contribution in [0.5, 0.6) is 17.2 Å². The minimum atomic E-state index is -1.06. The van der Waals surface area contributed by atoms with Gasteiger partial charge in [0, 0.05) is 62.3 Å². The number of fused-ring (bicyclic) bond motifs is 18. The second kappa shape index (κ2) is 33.9. The Hall–Kier alpha value is -15.5. The van der Waals surface area contributed by atoms with Crippen molar-refractivity contribution in [2.24, 2.45) is 5.92 Å². The first-order valence-electron chi connectivity index (χ1n) is 43.6. The molecule has 11 aromatic carbocycles. The number of carbonyl (C=O) groups excluding carboxylic acids is 3. The van der Waals surface area contributed by atoms with E-state index in [0.29, 0.717) is 98.0 Å². The number of rotatable bonds is 18. The van der Waals surface area contributed by atoms with Crippen LogP contribution >= 0.6 is 0 Å². The minimum absolute atomic E-state index is 0. The Morgan fingerprint density at radius 1 is 0.333 bits per heavy atom. The third kappa shape index (κ3) is 13.9. The van der Waals surface area contributed by atoms with Crippen LogP contribution in [0.1, 0.15) is 133 Å². The van der Waals surface area contributed by atoms with Crippen LogP contribution in [0.15, 0.2) is 323 Å². The Morgan fingerprint density at radius 2 is 0.705 bits per heavy atom. The number of nitrogens with zero attached hydrogens (tertiary/aromatic N) is 9. The molecule has 660 valence electrons. The van der Waals surface area contributed by atoms with E-state index in [1.807, 2.05) is 246 Å². The van der Waals surface area contributed by atoms with Gasteiger partial charge in [0.15, 0.2) is 69.2 Å². The van der Waals surface area contributed by atoms with Crippen LogP contribution in [0.2, 0.25) is 0 Å². The molecule has 0 radical (unpaired) electrons. The third-order valence-corrected chi connectivity index (χ3v) is 27.1. The molecule has 3 aliphatic heterocycles. The van der Waals surface area contributed by atoms with Gasteiger partial charge in [-0.25, -0.2) is 26.3 Å². The van der Waals surface area contributed by atoms with Crippen molar-refractivity contribution in [2.75, 3.05) is 54.7 Å². The van der Waals surface area contributed by atoms with E-state index in [2.05, 4.69) is 6.08 Å². The molecule has 18 nitrogen and oxygen atoms in total. The third-order valence-electron chi connectivity index (χ3n) is 27.1. The van der Waals surface area contributed by atoms with Crippen LogP contribution in [-0.4, -0.2) is 91.2 Å². The number of hydrogen-bond acceptors (Lipinski definition) is 12. The lowest BCUT2D eigenvalue weighted by atomic mass is 9.81. The fourth-order valence-corrected chi connectivity index (χ4v) is 21.3. The SMILES string of the molecule is C.O=C1c2c(O)c(=O)ccn2N(C23c4ccccc4CC2Cc2cc(F)c(F)cc23)CN1CCc1ccccc1.O=C1c2c(OCc3ccccc3)c(=O)ccn2N(C23C(=Cc4cc(F)c(F)cc42)Cc2ccccc23)CN1CCc1ccccc1.O=C1c2c(OCc3ccccc3)c(=O)ccn2N(C23C(=Cc4ccccc42)Cc2cc(F)c(F)cc23)CN1CCc1ccccc1. The van der Waals surface area contributed by atoms with Crippen molar-refractivity contribution < 1.29 is 55.3 Å². The smallest absolute Gasteiger partial charge is 0.277 e. The Morgan fingerprint density at radius 3 is 1.23 bits per heavy atom. The summed E-state index contributed by atoms with van der Waals surface area (Å²) in [6.45, 7) is 1.64. The monoisotopic (exact) mass is 1770 g/mol. The van der Waals surface area contributed by atoms with E-state index in [0.717, 1.165) is 72.3 Å². The van der Waals surface area contributed by atoms with Crippen molar-refractivity contribution in [3.05, 3.63) is 486 Å². The number of benzene rings is 11. The molecule has 0 saturated heterocycles. The van der Waals surface area contributed by atoms with Gasteiger partial charge >= 0.3 is 0 Å². The maximum Gasteiger partial charge on any atom is 0.277 e. The van der Waals surface area contributed by atoms with E-state index >= 15 is 8.78 Å². The maximum absolute atomic E-state index is 15.1. The van der Waals surface area contributed by atoms with Gasteiger partial charge in [0.1, 0.15) is 49.8 Å². The van der Waals surface area contributed by atoms with Crippen molar-refractivity contribution in [1.82, 2.24) is 28.7 Å². The molecule has 24 heteroatoms. The van der Waals surface area contributed by atoms with Gasteiger partial charge in [-0.3, -0.25) is 57.8 Å². The predicted octanol–water partition coefficient (Wildman–Crippen LogP) is 17.1. The molecular formula is C108H87F6N9O9. The Balaban J connectivity index is 0.000000123. The Labute approximate surface area is 755 Å². The molecule has 6 aliphatic carbocycles. The highest BCUT2D eigenvalue weighted by atomic mass is 19.2. The number of aromatic nitrogens is 3. The number of pyridine rings is 3. The highest BCUT2D eigenvalue weighted by Gasteiger charge is 2.61. The fraction of sp³-hybridized carbons (Fsp3) is 0.185. The summed E-state index contributed by atoms with van der Waals surface area (Å²) >= 11 is 0. The second-order valence-corrected chi connectivity index (χ2v) is 34.3. The number of aromatic hydroxyl groups is 1. The summed E-state index contributed by atoms with van der Waals surface area (Å²) in [4.78, 5) is 87.0. The molecule has 3 amide bonds. The zero-order chi connectivity index (χ0) is 89.7. The zero-order valence-electron chi connectivity index (χ0n) is 70.6. The van der Waals surface area contributed by atoms with Crippen LogP contribution in [0.3, 0.4) is 0 Å². The molecule has 0 saturated carbocycles. The number of halogens is 6. The van der Waals surface area contributed by atoms with Gasteiger partial charge < -0.3 is 29.3 Å². The van der Waals surface area contributed by atoms with Crippen LogP contribution in [0.25, 0.3) is 12.2 Å². The molecule has 0 fully saturated rings. The number of carbonyl (C=O) groups is 3. The standard InChI is InChI=1S/2C38H29F2N3O3.C31H25F2N3O3.CH4/c2*39-32-21-28-20-29-19-27-13-7-8-14-30(27)38(29,31(28)22-33(32)40)43-24-41(17-15-25-9-3-1-4-10-25)37(45)35-36(34(44)16-18-42(35)43)46-23-26-11-5-2-6-12-26;32-25-16-21-15-22-14-20-8-4-5-9-23(20)31(22,24(21)17-26(25)33)36-18-34(12-10-19-6-2-1-3-7-19)30(39)28-29(38)27(37)11-13-35(28)36;/h1-14,16,18,20-22H,15,17,19,23-24H2;1-14,16,18-19,21-22H,15,17,20,23-24H2;1-9,11,13,16-17,22,38H,10,12,14-15,18H2;1H4. The van der Waals surface area contributed by atoms with Crippen LogP contribution in [-0.2, 0) is 74.8 Å². The Kier molecular flexibility index (Phi) is 21.7. The van der Waals surface area contributed by atoms with Gasteiger partial charge in [0.2, 0.25) is 16.3 Å². The van der Waals surface area contributed by atoms with Crippen molar-refractivity contribution in [1.29, 1.82) is 0 Å². The van der Waals surface area contributed by atoms with Crippen LogP contribution in [0.4, 0.5) is 26.3 Å². The average Bonchev–Trinajstić information content (AvgIpc) is 1.53. The summed E-state index contributed by atoms with van der Waals surface area (Å²) < 4.78 is 106. The molecule has 132 heavy (non-hydrogen) atoms. The van der Waals surface area contributed by atoms with E-state index in [9.17, 15) is 51.4 Å². The number of amides is 3. The molecule has 0 bridgehead atoms. The minimum Gasteiger partial charge on any atom is -0.502 e. The lowest BCUT2D eigenvalue weighted by molar-refractivity contribution is 0.0645. The van der Waals surface area contributed by atoms with Crippen molar-refractivity contribution in [3.63, 3.8) is 0 Å². The topological polar surface area (TPSA) is 175 Å². The lowest BCUT2D eigenvalue weighted by Crippen LogP contribution is -2.63. The number of hydrogen-bond donors (Lipinski definition) is 1. The lowest BCUT2D eigenvalue weighted by Gasteiger charge is -2.50. The fourth-order valence-electron chi connectivity index (χ4n) is 21.3. The van der Waals surface area contributed by atoms with E-state index in [1.165, 1.54) is 60.8 Å². The highest BCUT2D eigenvalue weighted by Crippen LogP contribution is 2.60. The molecule has 6 heterocycles. The molecule has 3 aromatic heterocycles.